The van der Waals surface area contributed by atoms with Crippen LogP contribution in [-0.4, -0.2) is 42.7 Å². The average Bonchev–Trinajstić information content (AvgIpc) is 2.59. The average molecular weight is 339 g/mol. The first kappa shape index (κ1) is 17.4. The Morgan fingerprint density at radius 2 is 1.80 bits per heavy atom. The topological polar surface area (TPSA) is 54.5 Å². The summed E-state index contributed by atoms with van der Waals surface area (Å²) in [4.78, 5) is 18.6. The molecule has 0 unspecified atom stereocenters. The van der Waals surface area contributed by atoms with Gasteiger partial charge in [-0.05, 0) is 30.2 Å². The lowest BCUT2D eigenvalue weighted by atomic mass is 9.88. The predicted octanol–water partition coefficient (Wildman–Crippen LogP) is 3.16. The van der Waals surface area contributed by atoms with E-state index in [1.807, 2.05) is 19.2 Å². The van der Waals surface area contributed by atoms with Gasteiger partial charge in [-0.2, -0.15) is 0 Å². The maximum atomic E-state index is 12.7. The molecule has 2 heterocycles. The molecule has 1 aliphatic heterocycles. The van der Waals surface area contributed by atoms with Crippen LogP contribution in [0.2, 0.25) is 0 Å². The zero-order valence-electron chi connectivity index (χ0n) is 15.0. The molecule has 1 saturated heterocycles. The van der Waals surface area contributed by atoms with Crippen molar-refractivity contribution in [3.05, 3.63) is 65.5 Å². The summed E-state index contributed by atoms with van der Waals surface area (Å²) in [6.45, 7) is 6.28. The number of urea groups is 1. The van der Waals surface area contributed by atoms with Crippen molar-refractivity contribution in [2.45, 2.75) is 19.9 Å². The molecule has 0 saturated carbocycles. The highest BCUT2D eigenvalue weighted by molar-refractivity contribution is 5.75. The molecule has 132 valence electrons. The molecule has 0 bridgehead atoms. The number of carbonyl (C=O) groups excluding carboxylic acids is 1. The Balaban J connectivity index is 1.77. The minimum Gasteiger partial charge on any atom is -0.380 e. The highest BCUT2D eigenvalue weighted by Crippen LogP contribution is 2.28. The van der Waals surface area contributed by atoms with Crippen LogP contribution >= 0.6 is 0 Å². The summed E-state index contributed by atoms with van der Waals surface area (Å²) in [5.41, 5.74) is 3.32. The number of ether oxygens (including phenoxy) is 1. The number of pyridine rings is 1. The number of hydrogen-bond acceptors (Lipinski definition) is 3. The number of aryl methyl sites for hydroxylation is 1. The molecule has 0 aliphatic carbocycles. The van der Waals surface area contributed by atoms with Crippen molar-refractivity contribution in [2.24, 2.45) is 5.41 Å². The monoisotopic (exact) mass is 339 g/mol. The number of amides is 2. The number of rotatable bonds is 5. The fourth-order valence-electron chi connectivity index (χ4n) is 3.09. The van der Waals surface area contributed by atoms with Crippen molar-refractivity contribution >= 4 is 6.03 Å². The lowest BCUT2D eigenvalue weighted by Crippen LogP contribution is -2.51. The van der Waals surface area contributed by atoms with Gasteiger partial charge >= 0.3 is 6.03 Å². The second kappa shape index (κ2) is 7.23. The number of nitrogens with zero attached hydrogens (tertiary/aromatic N) is 2. The third-order valence-electron chi connectivity index (χ3n) is 4.58. The van der Waals surface area contributed by atoms with Crippen LogP contribution in [0.25, 0.3) is 0 Å². The van der Waals surface area contributed by atoms with Gasteiger partial charge in [0.15, 0.2) is 0 Å². The lowest BCUT2D eigenvalue weighted by molar-refractivity contribution is -0.108. The van der Waals surface area contributed by atoms with Crippen LogP contribution in [0.4, 0.5) is 4.79 Å². The molecule has 2 aromatic rings. The highest BCUT2D eigenvalue weighted by atomic mass is 16.5. The third kappa shape index (κ3) is 4.17. The Morgan fingerprint density at radius 1 is 1.20 bits per heavy atom. The molecule has 2 amide bonds. The Bertz CT molecular complexity index is 711. The summed E-state index contributed by atoms with van der Waals surface area (Å²) in [7, 11) is 1.83. The van der Waals surface area contributed by atoms with Crippen LogP contribution in [0.15, 0.2) is 48.8 Å². The summed E-state index contributed by atoms with van der Waals surface area (Å²) in [6, 6.07) is 11.8. The van der Waals surface area contributed by atoms with Gasteiger partial charge in [0.25, 0.3) is 0 Å². The third-order valence-corrected chi connectivity index (χ3v) is 4.58. The van der Waals surface area contributed by atoms with Crippen molar-refractivity contribution in [3.8, 4) is 0 Å². The number of nitrogens with one attached hydrogen (secondary N) is 1. The molecule has 0 spiro atoms. The maximum Gasteiger partial charge on any atom is 0.317 e. The van der Waals surface area contributed by atoms with E-state index in [1.54, 1.807) is 17.3 Å². The summed E-state index contributed by atoms with van der Waals surface area (Å²) >= 11 is 0. The number of hydrogen-bond donors (Lipinski definition) is 1. The summed E-state index contributed by atoms with van der Waals surface area (Å²) in [6.07, 6.45) is 3.50. The van der Waals surface area contributed by atoms with Crippen molar-refractivity contribution in [3.63, 3.8) is 0 Å². The number of carbonyl (C=O) groups is 1. The Labute approximate surface area is 149 Å². The SMILES string of the molecule is Cc1ccc([C@H](NC(=O)N(C)CC2(C)COC2)c2ccncc2)cc1. The van der Waals surface area contributed by atoms with Crippen molar-refractivity contribution in [2.75, 3.05) is 26.8 Å². The van der Waals surface area contributed by atoms with Gasteiger partial charge in [0.05, 0.1) is 19.3 Å². The standard InChI is InChI=1S/C20H25N3O2/c1-15-4-6-16(7-5-15)18(17-8-10-21-11-9-17)22-19(24)23(3)12-20(2)13-25-14-20/h4-11,18H,12-14H2,1-3H3,(H,22,24)/t18-/m0/s1. The molecule has 1 N–H and O–H groups in total. The van der Waals surface area contributed by atoms with E-state index in [1.165, 1.54) is 5.56 Å². The number of aromatic nitrogens is 1. The van der Waals surface area contributed by atoms with Crippen LogP contribution in [-0.2, 0) is 4.74 Å². The van der Waals surface area contributed by atoms with Crippen molar-refractivity contribution in [1.82, 2.24) is 15.2 Å². The van der Waals surface area contributed by atoms with Crippen molar-refractivity contribution in [1.29, 1.82) is 0 Å². The first-order valence-corrected chi connectivity index (χ1v) is 8.53. The molecule has 5 heteroatoms. The van der Waals surface area contributed by atoms with Gasteiger partial charge in [0, 0.05) is 31.4 Å². The predicted molar refractivity (Wildman–Crippen MR) is 97.3 cm³/mol. The van der Waals surface area contributed by atoms with E-state index in [0.29, 0.717) is 19.8 Å². The van der Waals surface area contributed by atoms with E-state index in [2.05, 4.69) is 48.4 Å². The van der Waals surface area contributed by atoms with Gasteiger partial charge < -0.3 is 15.0 Å². The molecular weight excluding hydrogens is 314 g/mol. The second-order valence-corrected chi connectivity index (χ2v) is 7.23. The Kier molecular flexibility index (Phi) is 5.04. The van der Waals surface area contributed by atoms with Gasteiger partial charge in [-0.1, -0.05) is 36.8 Å². The fourth-order valence-corrected chi connectivity index (χ4v) is 3.09. The fraction of sp³-hybridized carbons (Fsp3) is 0.400. The summed E-state index contributed by atoms with van der Waals surface area (Å²) < 4.78 is 5.28. The van der Waals surface area contributed by atoms with Gasteiger partial charge in [0.2, 0.25) is 0 Å². The first-order valence-electron chi connectivity index (χ1n) is 8.53. The lowest BCUT2D eigenvalue weighted by Gasteiger charge is -2.41. The quantitative estimate of drug-likeness (QED) is 0.910. The summed E-state index contributed by atoms with van der Waals surface area (Å²) in [5, 5.41) is 3.16. The number of benzene rings is 1. The second-order valence-electron chi connectivity index (χ2n) is 7.23. The molecule has 3 rings (SSSR count). The smallest absolute Gasteiger partial charge is 0.317 e. The molecule has 25 heavy (non-hydrogen) atoms. The van der Waals surface area contributed by atoms with E-state index in [9.17, 15) is 4.79 Å². The van der Waals surface area contributed by atoms with Crippen LogP contribution in [0.1, 0.15) is 29.7 Å². The van der Waals surface area contributed by atoms with Gasteiger partial charge in [-0.25, -0.2) is 4.79 Å². The maximum absolute atomic E-state index is 12.7. The Hall–Kier alpha value is -2.40. The molecule has 5 nitrogen and oxygen atoms in total. The van der Waals surface area contributed by atoms with Gasteiger partial charge in [-0.3, -0.25) is 4.98 Å². The van der Waals surface area contributed by atoms with Gasteiger partial charge in [0.1, 0.15) is 0 Å². The van der Waals surface area contributed by atoms with Crippen molar-refractivity contribution < 1.29 is 9.53 Å². The zero-order chi connectivity index (χ0) is 17.9. The molecular formula is C20H25N3O2. The van der Waals surface area contributed by atoms with Gasteiger partial charge in [-0.15, -0.1) is 0 Å². The molecule has 1 aromatic carbocycles. The molecule has 1 atom stereocenters. The van der Waals surface area contributed by atoms with Crippen LogP contribution < -0.4 is 5.32 Å². The van der Waals surface area contributed by atoms with E-state index in [-0.39, 0.29) is 17.5 Å². The van der Waals surface area contributed by atoms with E-state index in [4.69, 9.17) is 4.74 Å². The van der Waals surface area contributed by atoms with Crippen LogP contribution in [0, 0.1) is 12.3 Å². The normalized spacial score (nSPS) is 16.6. The highest BCUT2D eigenvalue weighted by Gasteiger charge is 2.35. The zero-order valence-corrected chi connectivity index (χ0v) is 15.0. The van der Waals surface area contributed by atoms with E-state index >= 15 is 0 Å². The summed E-state index contributed by atoms with van der Waals surface area (Å²) in [5.74, 6) is 0. The van der Waals surface area contributed by atoms with E-state index < -0.39 is 0 Å². The first-order chi connectivity index (χ1) is 12.0. The molecule has 1 aromatic heterocycles. The molecule has 1 aliphatic rings. The van der Waals surface area contributed by atoms with Crippen LogP contribution in [0.5, 0.6) is 0 Å². The largest absolute Gasteiger partial charge is 0.380 e. The van der Waals surface area contributed by atoms with E-state index in [0.717, 1.165) is 11.1 Å². The van der Waals surface area contributed by atoms with Crippen LogP contribution in [0.3, 0.4) is 0 Å². The molecule has 1 fully saturated rings. The molecule has 0 radical (unpaired) electrons. The minimum atomic E-state index is -0.205. The minimum absolute atomic E-state index is 0.0577. The Morgan fingerprint density at radius 3 is 2.36 bits per heavy atom.